The van der Waals surface area contributed by atoms with E-state index in [1.54, 1.807) is 12.1 Å². The second-order valence-electron chi connectivity index (χ2n) is 5.09. The average Bonchev–Trinajstić information content (AvgIpc) is 2.49. The highest BCUT2D eigenvalue weighted by Crippen LogP contribution is 2.19. The minimum atomic E-state index is -0.294. The second-order valence-corrected chi connectivity index (χ2v) is 6.44. The van der Waals surface area contributed by atoms with Crippen LogP contribution >= 0.6 is 27.5 Å². The normalized spacial score (nSPS) is 10.2. The Kier molecular flexibility index (Phi) is 6.19. The maximum absolute atomic E-state index is 11.9. The van der Waals surface area contributed by atoms with E-state index in [1.165, 1.54) is 0 Å². The largest absolute Gasteiger partial charge is 0.347 e. The lowest BCUT2D eigenvalue weighted by molar-refractivity contribution is -0.123. The summed E-state index contributed by atoms with van der Waals surface area (Å²) in [6, 6.07) is 12.7. The third kappa shape index (κ3) is 5.69. The highest BCUT2D eigenvalue weighted by molar-refractivity contribution is 9.10. The molecule has 6 heteroatoms. The van der Waals surface area contributed by atoms with Crippen LogP contribution in [0.25, 0.3) is 0 Å². The van der Waals surface area contributed by atoms with Gasteiger partial charge in [0.2, 0.25) is 11.8 Å². The van der Waals surface area contributed by atoms with Gasteiger partial charge in [0.1, 0.15) is 0 Å². The molecule has 2 rings (SSSR count). The Morgan fingerprint density at radius 2 is 1.91 bits per heavy atom. The summed E-state index contributed by atoms with van der Waals surface area (Å²) in [5.74, 6) is -0.501. The number of anilines is 1. The average molecular weight is 396 g/mol. The van der Waals surface area contributed by atoms with Crippen molar-refractivity contribution in [2.45, 2.75) is 13.3 Å². The molecule has 23 heavy (non-hydrogen) atoms. The molecule has 2 aromatic carbocycles. The number of halogens is 2. The lowest BCUT2D eigenvalue weighted by Gasteiger charge is -2.10. The molecular formula is C17H16BrClN2O2. The van der Waals surface area contributed by atoms with Gasteiger partial charge >= 0.3 is 0 Å². The van der Waals surface area contributed by atoms with Gasteiger partial charge in [-0.15, -0.1) is 0 Å². The molecule has 4 nitrogen and oxygen atoms in total. The molecule has 2 amide bonds. The predicted octanol–water partition coefficient (Wildman–Crippen LogP) is 3.71. The van der Waals surface area contributed by atoms with Gasteiger partial charge in [-0.3, -0.25) is 9.59 Å². The van der Waals surface area contributed by atoms with E-state index in [2.05, 4.69) is 26.6 Å². The van der Waals surface area contributed by atoms with E-state index >= 15 is 0 Å². The first-order chi connectivity index (χ1) is 10.9. The van der Waals surface area contributed by atoms with E-state index in [0.29, 0.717) is 10.7 Å². The Bertz CT molecular complexity index is 734. The van der Waals surface area contributed by atoms with Crippen molar-refractivity contribution in [1.82, 2.24) is 5.32 Å². The molecule has 0 aromatic heterocycles. The van der Waals surface area contributed by atoms with Crippen LogP contribution in [-0.4, -0.2) is 18.4 Å². The minimum Gasteiger partial charge on any atom is -0.347 e. The summed E-state index contributed by atoms with van der Waals surface area (Å²) in [5, 5.41) is 5.89. The Hall–Kier alpha value is -1.85. The van der Waals surface area contributed by atoms with E-state index < -0.39 is 0 Å². The molecule has 0 saturated carbocycles. The zero-order valence-electron chi connectivity index (χ0n) is 12.5. The summed E-state index contributed by atoms with van der Waals surface area (Å²) < 4.78 is 0.914. The van der Waals surface area contributed by atoms with Gasteiger partial charge in [-0.05, 0) is 42.3 Å². The molecule has 2 aromatic rings. The number of hydrogen-bond acceptors (Lipinski definition) is 2. The van der Waals surface area contributed by atoms with E-state index in [1.807, 2.05) is 37.3 Å². The van der Waals surface area contributed by atoms with Gasteiger partial charge in [-0.2, -0.15) is 0 Å². The number of rotatable bonds is 5. The summed E-state index contributed by atoms with van der Waals surface area (Å²) in [6.07, 6.45) is 0.225. The second kappa shape index (κ2) is 8.13. The molecule has 0 fully saturated rings. The molecular weight excluding hydrogens is 380 g/mol. The molecule has 0 aliphatic carbocycles. The lowest BCUT2D eigenvalue weighted by atomic mass is 10.1. The van der Waals surface area contributed by atoms with Crippen molar-refractivity contribution in [1.29, 1.82) is 0 Å². The van der Waals surface area contributed by atoms with Crippen molar-refractivity contribution in [3.63, 3.8) is 0 Å². The number of carbonyl (C=O) groups is 2. The molecule has 0 bridgehead atoms. The van der Waals surface area contributed by atoms with E-state index in [9.17, 15) is 9.59 Å². The maximum Gasteiger partial charge on any atom is 0.243 e. The van der Waals surface area contributed by atoms with Gasteiger partial charge in [0.15, 0.2) is 0 Å². The molecule has 0 saturated heterocycles. The summed E-state index contributed by atoms with van der Waals surface area (Å²) in [4.78, 5) is 23.8. The molecule has 0 spiro atoms. The Morgan fingerprint density at radius 3 is 2.65 bits per heavy atom. The molecule has 0 aliphatic rings. The van der Waals surface area contributed by atoms with E-state index in [0.717, 1.165) is 15.6 Å². The first-order valence-electron chi connectivity index (χ1n) is 7.01. The molecule has 120 valence electrons. The Balaban J connectivity index is 1.84. The zero-order chi connectivity index (χ0) is 16.8. The van der Waals surface area contributed by atoms with Crippen molar-refractivity contribution >= 4 is 45.0 Å². The van der Waals surface area contributed by atoms with Gasteiger partial charge < -0.3 is 10.6 Å². The predicted molar refractivity (Wildman–Crippen MR) is 95.7 cm³/mol. The summed E-state index contributed by atoms with van der Waals surface area (Å²) in [5.41, 5.74) is 2.43. The molecule has 0 heterocycles. The van der Waals surface area contributed by atoms with Crippen LogP contribution < -0.4 is 10.6 Å². The number of carbonyl (C=O) groups excluding carboxylic acids is 2. The highest BCUT2D eigenvalue weighted by Gasteiger charge is 2.08. The molecule has 0 aliphatic heterocycles. The van der Waals surface area contributed by atoms with Crippen LogP contribution in [0.3, 0.4) is 0 Å². The smallest absolute Gasteiger partial charge is 0.243 e. The van der Waals surface area contributed by atoms with Crippen LogP contribution in [0.5, 0.6) is 0 Å². The van der Waals surface area contributed by atoms with Crippen molar-refractivity contribution < 1.29 is 9.59 Å². The fourth-order valence-corrected chi connectivity index (χ4v) is 2.62. The van der Waals surface area contributed by atoms with Crippen molar-refractivity contribution in [3.05, 3.63) is 63.1 Å². The van der Waals surface area contributed by atoms with Crippen LogP contribution in [0.1, 0.15) is 11.1 Å². The maximum atomic E-state index is 11.9. The van der Waals surface area contributed by atoms with Gasteiger partial charge in [0, 0.05) is 15.2 Å². The summed E-state index contributed by atoms with van der Waals surface area (Å²) >= 11 is 9.26. The van der Waals surface area contributed by atoms with Crippen molar-refractivity contribution in [2.24, 2.45) is 0 Å². The van der Waals surface area contributed by atoms with E-state index in [-0.39, 0.29) is 24.8 Å². The van der Waals surface area contributed by atoms with Crippen molar-refractivity contribution in [2.75, 3.05) is 11.9 Å². The standard InChI is InChI=1S/C17H16BrClN2O2/c1-11-5-6-14(19)9-15(11)21-17(23)10-20-16(22)8-12-3-2-4-13(18)7-12/h2-7,9H,8,10H2,1H3,(H,20,22)(H,21,23). The quantitative estimate of drug-likeness (QED) is 0.811. The fraction of sp³-hybridized carbons (Fsp3) is 0.176. The zero-order valence-corrected chi connectivity index (χ0v) is 14.9. The lowest BCUT2D eigenvalue weighted by Crippen LogP contribution is -2.33. The number of benzene rings is 2. The van der Waals surface area contributed by atoms with Crippen LogP contribution in [0.4, 0.5) is 5.69 Å². The van der Waals surface area contributed by atoms with Crippen LogP contribution in [-0.2, 0) is 16.0 Å². The molecule has 2 N–H and O–H groups in total. The summed E-state index contributed by atoms with van der Waals surface area (Å²) in [7, 11) is 0. The Labute approximate surface area is 148 Å². The van der Waals surface area contributed by atoms with Crippen molar-refractivity contribution in [3.8, 4) is 0 Å². The minimum absolute atomic E-state index is 0.0845. The third-order valence-electron chi connectivity index (χ3n) is 3.17. The fourth-order valence-electron chi connectivity index (χ4n) is 2.00. The molecule has 0 unspecified atom stereocenters. The Morgan fingerprint density at radius 1 is 1.13 bits per heavy atom. The number of aryl methyl sites for hydroxylation is 1. The summed E-state index contributed by atoms with van der Waals surface area (Å²) in [6.45, 7) is 1.79. The van der Waals surface area contributed by atoms with Gasteiger partial charge in [-0.25, -0.2) is 0 Å². The molecule has 0 atom stereocenters. The first-order valence-corrected chi connectivity index (χ1v) is 8.18. The SMILES string of the molecule is Cc1ccc(Cl)cc1NC(=O)CNC(=O)Cc1cccc(Br)c1. The highest BCUT2D eigenvalue weighted by atomic mass is 79.9. The number of amides is 2. The van der Waals surface area contributed by atoms with Gasteiger partial charge in [0.05, 0.1) is 13.0 Å². The van der Waals surface area contributed by atoms with Crippen LogP contribution in [0.2, 0.25) is 5.02 Å². The van der Waals surface area contributed by atoms with Gasteiger partial charge in [0.25, 0.3) is 0 Å². The topological polar surface area (TPSA) is 58.2 Å². The van der Waals surface area contributed by atoms with Crippen LogP contribution in [0.15, 0.2) is 46.9 Å². The molecule has 0 radical (unpaired) electrons. The van der Waals surface area contributed by atoms with Gasteiger partial charge in [-0.1, -0.05) is 45.7 Å². The third-order valence-corrected chi connectivity index (χ3v) is 3.90. The van der Waals surface area contributed by atoms with E-state index in [4.69, 9.17) is 11.6 Å². The monoisotopic (exact) mass is 394 g/mol. The van der Waals surface area contributed by atoms with Crippen LogP contribution in [0, 0.1) is 6.92 Å². The number of nitrogens with one attached hydrogen (secondary N) is 2. The first kappa shape index (κ1) is 17.5. The number of hydrogen-bond donors (Lipinski definition) is 2.